The van der Waals surface area contributed by atoms with Crippen molar-refractivity contribution in [2.75, 3.05) is 48.0 Å². The molecule has 10 heteroatoms. The van der Waals surface area contributed by atoms with Gasteiger partial charge in [-0.1, -0.05) is 0 Å². The number of nitrogens with two attached hydrogens (primary N) is 2. The van der Waals surface area contributed by atoms with Gasteiger partial charge in [0.1, 0.15) is 17.5 Å². The maximum Gasteiger partial charge on any atom is 0.224 e. The van der Waals surface area contributed by atoms with Crippen molar-refractivity contribution in [1.82, 2.24) is 19.5 Å². The fourth-order valence-electron chi connectivity index (χ4n) is 4.25. The molecule has 2 aliphatic rings. The Hall–Kier alpha value is -3.58. The first-order valence-corrected chi connectivity index (χ1v) is 9.77. The summed E-state index contributed by atoms with van der Waals surface area (Å²) in [7, 11) is 2.01. The fourth-order valence-corrected chi connectivity index (χ4v) is 4.25. The van der Waals surface area contributed by atoms with E-state index < -0.39 is 0 Å². The van der Waals surface area contributed by atoms with Gasteiger partial charge in [0.25, 0.3) is 0 Å². The second-order valence-electron chi connectivity index (χ2n) is 8.24. The van der Waals surface area contributed by atoms with Crippen molar-refractivity contribution in [2.24, 2.45) is 12.5 Å². The van der Waals surface area contributed by atoms with E-state index in [4.69, 9.17) is 21.2 Å². The van der Waals surface area contributed by atoms with E-state index in [9.17, 15) is 5.26 Å². The van der Waals surface area contributed by atoms with Crippen molar-refractivity contribution in [1.29, 1.82) is 5.26 Å². The highest BCUT2D eigenvalue weighted by atomic mass is 16.5. The third kappa shape index (κ3) is 2.78. The smallest absolute Gasteiger partial charge is 0.224 e. The average Bonchev–Trinajstić information content (AvgIpc) is 2.99. The van der Waals surface area contributed by atoms with Crippen LogP contribution in [0.1, 0.15) is 24.2 Å². The Labute approximate surface area is 173 Å². The van der Waals surface area contributed by atoms with E-state index in [1.54, 1.807) is 0 Å². The SMILES string of the molecule is C[C@H](Nc1nc(N)nc(N)c1C#N)c1nc2ccn(C)c2cc1N1CC2(COC2)C1. The minimum Gasteiger partial charge on any atom is -0.382 e. The standard InChI is InChI=1S/C20H23N9O/c1-11(24-18-12(6-21)17(22)26-19(23)27-18)16-15(29-7-20(8-29)9-30-10-20)5-14-13(25-16)3-4-28(14)2/h3-5,11H,7-10H2,1-2H3,(H5,22,23,24,26,27)/t11-/m0/s1. The number of aromatic nitrogens is 4. The van der Waals surface area contributed by atoms with E-state index in [2.05, 4.69) is 36.9 Å². The van der Waals surface area contributed by atoms with Gasteiger partial charge in [0.05, 0.1) is 47.1 Å². The Balaban J connectivity index is 1.53. The average molecular weight is 405 g/mol. The topological polar surface area (TPSA) is 144 Å². The number of pyridine rings is 1. The van der Waals surface area contributed by atoms with E-state index in [0.29, 0.717) is 5.82 Å². The van der Waals surface area contributed by atoms with Crippen molar-refractivity contribution < 1.29 is 4.74 Å². The molecule has 3 aromatic heterocycles. The molecule has 0 aromatic carbocycles. The van der Waals surface area contributed by atoms with Gasteiger partial charge < -0.3 is 31.0 Å². The summed E-state index contributed by atoms with van der Waals surface area (Å²) >= 11 is 0. The van der Waals surface area contributed by atoms with E-state index >= 15 is 0 Å². The highest BCUT2D eigenvalue weighted by Crippen LogP contribution is 2.43. The van der Waals surface area contributed by atoms with Crippen LogP contribution >= 0.6 is 0 Å². The molecular weight excluding hydrogens is 382 g/mol. The maximum atomic E-state index is 9.47. The highest BCUT2D eigenvalue weighted by Gasteiger charge is 2.49. The number of nitrogen functional groups attached to an aromatic ring is 2. The van der Waals surface area contributed by atoms with Gasteiger partial charge in [-0.15, -0.1) is 0 Å². The summed E-state index contributed by atoms with van der Waals surface area (Å²) in [4.78, 5) is 15.3. The molecule has 5 rings (SSSR count). The van der Waals surface area contributed by atoms with Crippen molar-refractivity contribution in [3.05, 3.63) is 29.6 Å². The van der Waals surface area contributed by atoms with Gasteiger partial charge in [-0.3, -0.25) is 0 Å². The van der Waals surface area contributed by atoms with Crippen LogP contribution in [-0.4, -0.2) is 45.8 Å². The van der Waals surface area contributed by atoms with Crippen LogP contribution in [-0.2, 0) is 11.8 Å². The van der Waals surface area contributed by atoms with Gasteiger partial charge in [0.2, 0.25) is 5.95 Å². The van der Waals surface area contributed by atoms with Crippen LogP contribution in [0.2, 0.25) is 0 Å². The largest absolute Gasteiger partial charge is 0.382 e. The molecule has 0 unspecified atom stereocenters. The van der Waals surface area contributed by atoms with E-state index in [1.165, 1.54) is 0 Å². The molecule has 10 nitrogen and oxygen atoms in total. The summed E-state index contributed by atoms with van der Waals surface area (Å²) in [6.45, 7) is 5.51. The number of nitrogens with one attached hydrogen (secondary N) is 1. The summed E-state index contributed by atoms with van der Waals surface area (Å²) in [5, 5.41) is 12.7. The van der Waals surface area contributed by atoms with Crippen LogP contribution in [0.15, 0.2) is 18.3 Å². The quantitative estimate of drug-likeness (QED) is 0.586. The Morgan fingerprint density at radius 1 is 1.27 bits per heavy atom. The van der Waals surface area contributed by atoms with Gasteiger partial charge in [-0.05, 0) is 19.1 Å². The summed E-state index contributed by atoms with van der Waals surface area (Å²) in [5.74, 6) is 0.381. The van der Waals surface area contributed by atoms with E-state index in [1.807, 2.05) is 26.2 Å². The number of hydrogen-bond donors (Lipinski definition) is 3. The van der Waals surface area contributed by atoms with Gasteiger partial charge in [0.15, 0.2) is 5.82 Å². The molecule has 5 heterocycles. The van der Waals surface area contributed by atoms with Crippen molar-refractivity contribution in [3.8, 4) is 6.07 Å². The molecule has 2 aliphatic heterocycles. The monoisotopic (exact) mass is 405 g/mol. The number of nitrogens with zero attached hydrogens (tertiary/aromatic N) is 6. The van der Waals surface area contributed by atoms with Gasteiger partial charge in [-0.25, -0.2) is 4.98 Å². The lowest BCUT2D eigenvalue weighted by molar-refractivity contribution is -0.127. The number of nitriles is 1. The maximum absolute atomic E-state index is 9.47. The zero-order chi connectivity index (χ0) is 21.0. The van der Waals surface area contributed by atoms with Crippen LogP contribution in [0.5, 0.6) is 0 Å². The number of anilines is 4. The molecule has 0 aliphatic carbocycles. The van der Waals surface area contributed by atoms with Crippen LogP contribution < -0.4 is 21.7 Å². The van der Waals surface area contributed by atoms with Crippen LogP contribution in [0, 0.1) is 16.7 Å². The summed E-state index contributed by atoms with van der Waals surface area (Å²) in [6.07, 6.45) is 2.00. The van der Waals surface area contributed by atoms with Crippen molar-refractivity contribution in [3.63, 3.8) is 0 Å². The first kappa shape index (κ1) is 18.4. The molecular formula is C20H23N9O. The molecule has 1 atom stereocenters. The predicted octanol–water partition coefficient (Wildman–Crippen LogP) is 1.41. The Morgan fingerprint density at radius 3 is 2.70 bits per heavy atom. The third-order valence-corrected chi connectivity index (χ3v) is 5.91. The molecule has 0 bridgehead atoms. The lowest BCUT2D eigenvalue weighted by atomic mass is 9.77. The predicted molar refractivity (Wildman–Crippen MR) is 114 cm³/mol. The lowest BCUT2D eigenvalue weighted by Crippen LogP contribution is -2.66. The van der Waals surface area contributed by atoms with Crippen LogP contribution in [0.25, 0.3) is 11.0 Å². The summed E-state index contributed by atoms with van der Waals surface area (Å²) < 4.78 is 7.48. The number of rotatable bonds is 4. The first-order valence-electron chi connectivity index (χ1n) is 9.77. The molecule has 0 saturated carbocycles. The van der Waals surface area contributed by atoms with Gasteiger partial charge >= 0.3 is 0 Å². The summed E-state index contributed by atoms with van der Waals surface area (Å²) in [5.41, 5.74) is 16.0. The molecule has 0 amide bonds. The molecule has 154 valence electrons. The van der Waals surface area contributed by atoms with Crippen molar-refractivity contribution >= 4 is 34.3 Å². The van der Waals surface area contributed by atoms with Crippen LogP contribution in [0.3, 0.4) is 0 Å². The molecule has 2 fully saturated rings. The minimum atomic E-state index is -0.236. The van der Waals surface area contributed by atoms with Crippen LogP contribution in [0.4, 0.5) is 23.3 Å². The Bertz CT molecular complexity index is 1180. The second-order valence-corrected chi connectivity index (χ2v) is 8.24. The summed E-state index contributed by atoms with van der Waals surface area (Å²) in [6, 6.07) is 5.98. The normalized spacial score (nSPS) is 18.0. The lowest BCUT2D eigenvalue weighted by Gasteiger charge is -2.56. The molecule has 2 saturated heterocycles. The van der Waals surface area contributed by atoms with Gasteiger partial charge in [0, 0.05) is 26.3 Å². The molecule has 1 spiro atoms. The number of fused-ring (bicyclic) bond motifs is 1. The zero-order valence-electron chi connectivity index (χ0n) is 16.9. The van der Waals surface area contributed by atoms with Crippen molar-refractivity contribution in [2.45, 2.75) is 13.0 Å². The number of ether oxygens (including phenoxy) is 1. The molecule has 5 N–H and O–H groups in total. The minimum absolute atomic E-state index is 0.0163. The highest BCUT2D eigenvalue weighted by molar-refractivity contribution is 5.81. The third-order valence-electron chi connectivity index (χ3n) is 5.91. The first-order chi connectivity index (χ1) is 14.4. The number of hydrogen-bond acceptors (Lipinski definition) is 9. The Morgan fingerprint density at radius 2 is 2.03 bits per heavy atom. The van der Waals surface area contributed by atoms with Gasteiger partial charge in [-0.2, -0.15) is 15.2 Å². The molecule has 3 aromatic rings. The number of aryl methyl sites for hydroxylation is 1. The fraction of sp³-hybridized carbons (Fsp3) is 0.400. The second kappa shape index (κ2) is 6.47. The molecule has 0 radical (unpaired) electrons. The zero-order valence-corrected chi connectivity index (χ0v) is 16.9. The Kier molecular flexibility index (Phi) is 3.98. The van der Waals surface area contributed by atoms with E-state index in [-0.39, 0.29) is 28.8 Å². The van der Waals surface area contributed by atoms with E-state index in [0.717, 1.165) is 48.7 Å². The molecule has 30 heavy (non-hydrogen) atoms.